The van der Waals surface area contributed by atoms with Gasteiger partial charge >= 0.3 is 5.97 Å². The molecule has 0 atom stereocenters. The van der Waals surface area contributed by atoms with Crippen LogP contribution in [-0.2, 0) is 0 Å². The molecule has 134 valence electrons. The number of halogens is 1. The summed E-state index contributed by atoms with van der Waals surface area (Å²) in [6.45, 7) is 4.62. The summed E-state index contributed by atoms with van der Waals surface area (Å²) >= 11 is 6.13. The molecule has 0 aliphatic heterocycles. The van der Waals surface area contributed by atoms with Crippen molar-refractivity contribution in [1.29, 1.82) is 0 Å². The zero-order chi connectivity index (χ0) is 18.4. The summed E-state index contributed by atoms with van der Waals surface area (Å²) in [5.41, 5.74) is 2.00. The first kappa shape index (κ1) is 18.9. The highest BCUT2D eigenvalue weighted by molar-refractivity contribution is 6.32. The number of aromatic carboxylic acids is 1. The molecule has 0 aromatic heterocycles. The zero-order valence-corrected chi connectivity index (χ0v) is 15.2. The van der Waals surface area contributed by atoms with E-state index in [4.69, 9.17) is 25.8 Å². The summed E-state index contributed by atoms with van der Waals surface area (Å²) in [6, 6.07) is 8.54. The second-order valence-corrected chi connectivity index (χ2v) is 5.94. The van der Waals surface area contributed by atoms with E-state index in [1.165, 1.54) is 13.2 Å². The van der Waals surface area contributed by atoms with E-state index < -0.39 is 5.97 Å². The van der Waals surface area contributed by atoms with E-state index in [0.29, 0.717) is 25.4 Å². The number of benzene rings is 2. The van der Waals surface area contributed by atoms with E-state index in [-0.39, 0.29) is 11.3 Å². The number of aryl methyl sites for hydroxylation is 2. The molecule has 0 amide bonds. The first-order valence-corrected chi connectivity index (χ1v) is 8.24. The summed E-state index contributed by atoms with van der Waals surface area (Å²) in [5, 5.41) is 9.98. The number of ether oxygens (including phenoxy) is 3. The monoisotopic (exact) mass is 364 g/mol. The van der Waals surface area contributed by atoms with E-state index in [2.05, 4.69) is 0 Å². The fourth-order valence-electron chi connectivity index (χ4n) is 2.41. The maximum absolute atomic E-state index is 11.3. The van der Waals surface area contributed by atoms with E-state index in [0.717, 1.165) is 21.9 Å². The Morgan fingerprint density at radius 3 is 2.36 bits per heavy atom. The van der Waals surface area contributed by atoms with Crippen LogP contribution in [0.2, 0.25) is 5.02 Å². The first-order chi connectivity index (χ1) is 11.9. The van der Waals surface area contributed by atoms with Crippen LogP contribution >= 0.6 is 11.6 Å². The van der Waals surface area contributed by atoms with Crippen LogP contribution in [0.5, 0.6) is 17.2 Å². The third-order valence-corrected chi connectivity index (χ3v) is 4.24. The molecule has 2 rings (SSSR count). The van der Waals surface area contributed by atoms with Crippen molar-refractivity contribution in [2.24, 2.45) is 0 Å². The van der Waals surface area contributed by atoms with Gasteiger partial charge in [0.15, 0.2) is 11.5 Å². The van der Waals surface area contributed by atoms with Gasteiger partial charge < -0.3 is 19.3 Å². The van der Waals surface area contributed by atoms with Crippen LogP contribution in [0.1, 0.15) is 27.9 Å². The Kier molecular flexibility index (Phi) is 6.53. The lowest BCUT2D eigenvalue weighted by Crippen LogP contribution is -2.09. The highest BCUT2D eigenvalue weighted by Crippen LogP contribution is 2.31. The van der Waals surface area contributed by atoms with Gasteiger partial charge in [0, 0.05) is 11.4 Å². The average molecular weight is 365 g/mol. The molecule has 1 N–H and O–H groups in total. The fraction of sp³-hybridized carbons (Fsp3) is 0.316. The van der Waals surface area contributed by atoms with Crippen molar-refractivity contribution >= 4 is 17.6 Å². The van der Waals surface area contributed by atoms with Crippen molar-refractivity contribution in [3.8, 4) is 17.2 Å². The molecule has 0 saturated carbocycles. The number of carboxylic acid groups (broad SMARTS) is 1. The van der Waals surface area contributed by atoms with Gasteiger partial charge in [0.1, 0.15) is 11.3 Å². The maximum Gasteiger partial charge on any atom is 0.339 e. The molecule has 0 saturated heterocycles. The number of rotatable bonds is 8. The summed E-state index contributed by atoms with van der Waals surface area (Å²) in [7, 11) is 1.47. The van der Waals surface area contributed by atoms with Gasteiger partial charge in [-0.1, -0.05) is 17.7 Å². The SMILES string of the molecule is COc1cccc(C(=O)O)c1OCCCOc1cc(C)c(Cl)c(C)c1. The van der Waals surface area contributed by atoms with Gasteiger partial charge in [0.05, 0.1) is 20.3 Å². The lowest BCUT2D eigenvalue weighted by atomic mass is 10.1. The summed E-state index contributed by atoms with van der Waals surface area (Å²) < 4.78 is 16.5. The summed E-state index contributed by atoms with van der Waals surface area (Å²) in [4.78, 5) is 11.3. The van der Waals surface area contributed by atoms with E-state index >= 15 is 0 Å². The smallest absolute Gasteiger partial charge is 0.339 e. The predicted molar refractivity (Wildman–Crippen MR) is 96.5 cm³/mol. The summed E-state index contributed by atoms with van der Waals surface area (Å²) in [5.74, 6) is 0.320. The van der Waals surface area contributed by atoms with Crippen molar-refractivity contribution in [2.45, 2.75) is 20.3 Å². The topological polar surface area (TPSA) is 65.0 Å². The van der Waals surface area contributed by atoms with Gasteiger partial charge in [-0.2, -0.15) is 0 Å². The second kappa shape index (κ2) is 8.62. The van der Waals surface area contributed by atoms with E-state index in [1.54, 1.807) is 12.1 Å². The average Bonchev–Trinajstić information content (AvgIpc) is 2.58. The second-order valence-electron chi connectivity index (χ2n) is 5.56. The van der Waals surface area contributed by atoms with Crippen LogP contribution in [-0.4, -0.2) is 31.4 Å². The molecule has 0 radical (unpaired) electrons. The standard InChI is InChI=1S/C19H21ClO5/c1-12-10-14(11-13(2)17(12)20)24-8-5-9-25-18-15(19(21)22)6-4-7-16(18)23-3/h4,6-7,10-11H,5,8-9H2,1-3H3,(H,21,22). The normalized spacial score (nSPS) is 10.4. The van der Waals surface area contributed by atoms with Crippen molar-refractivity contribution in [3.05, 3.63) is 52.0 Å². The minimum absolute atomic E-state index is 0.0734. The Morgan fingerprint density at radius 2 is 1.76 bits per heavy atom. The molecular weight excluding hydrogens is 344 g/mol. The molecule has 0 aliphatic carbocycles. The Morgan fingerprint density at radius 1 is 1.12 bits per heavy atom. The quantitative estimate of drug-likeness (QED) is 0.698. The molecule has 5 nitrogen and oxygen atoms in total. The predicted octanol–water partition coefficient (Wildman–Crippen LogP) is 4.51. The Balaban J connectivity index is 1.91. The van der Waals surface area contributed by atoms with Crippen molar-refractivity contribution < 1.29 is 24.1 Å². The van der Waals surface area contributed by atoms with Crippen LogP contribution in [0.4, 0.5) is 0 Å². The molecule has 0 aliphatic rings. The molecule has 0 spiro atoms. The largest absolute Gasteiger partial charge is 0.493 e. The number of carbonyl (C=O) groups is 1. The molecule has 0 heterocycles. The van der Waals surface area contributed by atoms with Crippen LogP contribution in [0.15, 0.2) is 30.3 Å². The van der Waals surface area contributed by atoms with Crippen LogP contribution in [0, 0.1) is 13.8 Å². The Labute approximate surface area is 152 Å². The van der Waals surface area contributed by atoms with E-state index in [1.807, 2.05) is 26.0 Å². The van der Waals surface area contributed by atoms with Gasteiger partial charge in [-0.25, -0.2) is 4.79 Å². The van der Waals surface area contributed by atoms with Gasteiger partial charge in [-0.05, 0) is 49.2 Å². The Hall–Kier alpha value is -2.40. The maximum atomic E-state index is 11.3. The molecule has 25 heavy (non-hydrogen) atoms. The molecule has 2 aromatic rings. The third kappa shape index (κ3) is 4.79. The number of carboxylic acids is 1. The van der Waals surface area contributed by atoms with E-state index in [9.17, 15) is 9.90 Å². The fourth-order valence-corrected chi connectivity index (χ4v) is 2.52. The van der Waals surface area contributed by atoms with Crippen LogP contribution in [0.25, 0.3) is 0 Å². The molecule has 2 aromatic carbocycles. The first-order valence-electron chi connectivity index (χ1n) is 7.86. The highest BCUT2D eigenvalue weighted by Gasteiger charge is 2.16. The van der Waals surface area contributed by atoms with Gasteiger partial charge in [0.2, 0.25) is 0 Å². The van der Waals surface area contributed by atoms with Crippen LogP contribution in [0.3, 0.4) is 0 Å². The van der Waals surface area contributed by atoms with Crippen molar-refractivity contribution in [2.75, 3.05) is 20.3 Å². The van der Waals surface area contributed by atoms with Crippen molar-refractivity contribution in [1.82, 2.24) is 0 Å². The lowest BCUT2D eigenvalue weighted by molar-refractivity contribution is 0.0691. The number of hydrogen-bond acceptors (Lipinski definition) is 4. The highest BCUT2D eigenvalue weighted by atomic mass is 35.5. The van der Waals surface area contributed by atoms with Gasteiger partial charge in [0.25, 0.3) is 0 Å². The molecule has 0 fully saturated rings. The van der Waals surface area contributed by atoms with Crippen LogP contribution < -0.4 is 14.2 Å². The van der Waals surface area contributed by atoms with Gasteiger partial charge in [-0.3, -0.25) is 0 Å². The molecule has 0 unspecified atom stereocenters. The molecular formula is C19H21ClO5. The summed E-state index contributed by atoms with van der Waals surface area (Å²) in [6.07, 6.45) is 0.595. The number of methoxy groups -OCH3 is 1. The third-order valence-electron chi connectivity index (χ3n) is 3.64. The minimum atomic E-state index is -1.06. The number of para-hydroxylation sites is 1. The zero-order valence-electron chi connectivity index (χ0n) is 14.5. The Bertz CT molecular complexity index is 734. The molecule has 0 bridgehead atoms. The number of hydrogen-bond donors (Lipinski definition) is 1. The minimum Gasteiger partial charge on any atom is -0.493 e. The lowest BCUT2D eigenvalue weighted by Gasteiger charge is -2.14. The van der Waals surface area contributed by atoms with Gasteiger partial charge in [-0.15, -0.1) is 0 Å². The molecule has 6 heteroatoms. The van der Waals surface area contributed by atoms with Crippen molar-refractivity contribution in [3.63, 3.8) is 0 Å².